The maximum atomic E-state index is 13.0. The van der Waals surface area contributed by atoms with Gasteiger partial charge in [-0.25, -0.2) is 9.59 Å². The number of unbranched alkanes of at least 4 members (excludes halogenated alkanes) is 10. The molecule has 0 fully saturated rings. The van der Waals surface area contributed by atoms with Gasteiger partial charge in [0.25, 0.3) is 0 Å². The summed E-state index contributed by atoms with van der Waals surface area (Å²) in [4.78, 5) is 31.4. The summed E-state index contributed by atoms with van der Waals surface area (Å²) in [5.74, 6) is -0.901. The molecule has 1 aromatic carbocycles. The Morgan fingerprint density at radius 2 is 1.31 bits per heavy atom. The van der Waals surface area contributed by atoms with Gasteiger partial charge in [0.15, 0.2) is 0 Å². The van der Waals surface area contributed by atoms with E-state index in [1.807, 2.05) is 12.1 Å². The Morgan fingerprint density at radius 1 is 0.750 bits per heavy atom. The van der Waals surface area contributed by atoms with Gasteiger partial charge in [0.1, 0.15) is 21.1 Å². The summed E-state index contributed by atoms with van der Waals surface area (Å²) >= 11 is 0. The van der Waals surface area contributed by atoms with E-state index in [-0.39, 0.29) is 4.65 Å². The van der Waals surface area contributed by atoms with Gasteiger partial charge in [0, 0.05) is 0 Å². The number of carbonyl (C=O) groups excluding carboxylic acids is 2. The highest BCUT2D eigenvalue weighted by Crippen LogP contribution is 2.21. The minimum atomic E-state index is -0.492. The molecule has 1 rings (SSSR count). The molecule has 0 aliphatic heterocycles. The molecule has 0 atom stereocenters. The number of ether oxygens (including phenoxy) is 1. The lowest BCUT2D eigenvalue weighted by Gasteiger charge is -2.21. The van der Waals surface area contributed by atoms with Gasteiger partial charge in [-0.05, 0) is 30.9 Å². The van der Waals surface area contributed by atoms with E-state index in [1.165, 1.54) is 51.4 Å². The van der Waals surface area contributed by atoms with Crippen molar-refractivity contribution in [3.8, 4) is 0 Å². The molecule has 5 heteroatoms. The van der Waals surface area contributed by atoms with Crippen LogP contribution in [-0.4, -0.2) is 44.3 Å². The van der Waals surface area contributed by atoms with Crippen molar-refractivity contribution in [1.29, 1.82) is 0 Å². The summed E-state index contributed by atoms with van der Waals surface area (Å²) in [5.41, 5.74) is 1.56. The molecule has 0 radical (unpaired) electrons. The smallest absolute Gasteiger partial charge is 0.398 e. The lowest BCUT2D eigenvalue weighted by Crippen LogP contribution is -2.37. The molecule has 0 amide bonds. The zero-order valence-corrected chi connectivity index (χ0v) is 21.2. The van der Waals surface area contributed by atoms with Crippen molar-refractivity contribution in [1.82, 2.24) is 0 Å². The van der Waals surface area contributed by atoms with Gasteiger partial charge in [0.05, 0.1) is 17.7 Å². The summed E-state index contributed by atoms with van der Waals surface area (Å²) in [6.45, 7) is 4.80. The molecule has 0 heterocycles. The summed E-state index contributed by atoms with van der Waals surface area (Å²) in [6.07, 6.45) is 14.6. The van der Waals surface area contributed by atoms with Crippen LogP contribution in [0.1, 0.15) is 117 Å². The van der Waals surface area contributed by atoms with E-state index in [1.54, 1.807) is 27.2 Å². The molecule has 5 nitrogen and oxygen atoms in total. The van der Waals surface area contributed by atoms with Gasteiger partial charge in [-0.3, -0.25) is 4.84 Å². The van der Waals surface area contributed by atoms with Crippen LogP contribution in [0.3, 0.4) is 0 Å². The zero-order valence-electron chi connectivity index (χ0n) is 21.2. The molecule has 0 aromatic heterocycles. The van der Waals surface area contributed by atoms with Crippen molar-refractivity contribution in [2.24, 2.45) is 0 Å². The first-order chi connectivity index (χ1) is 15.3. The molecule has 182 valence electrons. The number of hydrogen-bond donors (Lipinski definition) is 0. The average molecular weight is 449 g/mol. The fourth-order valence-electron chi connectivity index (χ4n) is 3.73. The van der Waals surface area contributed by atoms with Crippen molar-refractivity contribution in [3.63, 3.8) is 0 Å². The Hall–Kier alpha value is -1.88. The Bertz CT molecular complexity index is 679. The van der Waals surface area contributed by atoms with Gasteiger partial charge >= 0.3 is 11.9 Å². The van der Waals surface area contributed by atoms with Crippen molar-refractivity contribution < 1.29 is 23.8 Å². The van der Waals surface area contributed by atoms with Crippen LogP contribution < -0.4 is 0 Å². The number of carbonyl (C=O) groups is 2. The molecular weight excluding hydrogens is 402 g/mol. The van der Waals surface area contributed by atoms with Crippen LogP contribution in [0, 0.1) is 0 Å². The highest BCUT2D eigenvalue weighted by atomic mass is 16.7. The van der Waals surface area contributed by atoms with E-state index in [2.05, 4.69) is 13.8 Å². The number of hydroxylamine groups is 3. The summed E-state index contributed by atoms with van der Waals surface area (Å²) in [5, 5.41) is 0. The number of hydrogen-bond acceptors (Lipinski definition) is 4. The molecule has 0 N–H and O–H groups in total. The standard InChI is InChI=1S/C27H46NO4/c1-6-8-10-12-14-16-19-23-20-18-21-24(26(29)32-28(3,4)5)25(23)27(30)31-22-17-15-13-11-9-7-2/h18,20-21H,6-17,19,22H2,1-5H3/q+1. The fourth-order valence-corrected chi connectivity index (χ4v) is 3.73. The molecule has 32 heavy (non-hydrogen) atoms. The minimum absolute atomic E-state index is 0.0345. The predicted molar refractivity (Wildman–Crippen MR) is 131 cm³/mol. The second kappa shape index (κ2) is 15.8. The van der Waals surface area contributed by atoms with E-state index >= 15 is 0 Å². The molecule has 0 aliphatic carbocycles. The first-order valence-electron chi connectivity index (χ1n) is 12.6. The third-order valence-corrected chi connectivity index (χ3v) is 5.46. The Morgan fingerprint density at radius 3 is 1.91 bits per heavy atom. The first kappa shape index (κ1) is 28.2. The van der Waals surface area contributed by atoms with E-state index in [0.29, 0.717) is 17.7 Å². The zero-order chi connectivity index (χ0) is 23.8. The van der Waals surface area contributed by atoms with E-state index in [9.17, 15) is 9.59 Å². The molecule has 0 aliphatic rings. The monoisotopic (exact) mass is 448 g/mol. The Kier molecular flexibility index (Phi) is 13.9. The lowest BCUT2D eigenvalue weighted by molar-refractivity contribution is -1.04. The van der Waals surface area contributed by atoms with Crippen molar-refractivity contribution in [2.45, 2.75) is 97.3 Å². The number of nitrogens with zero attached hydrogens (tertiary/aromatic N) is 1. The van der Waals surface area contributed by atoms with Crippen molar-refractivity contribution in [3.05, 3.63) is 34.9 Å². The lowest BCUT2D eigenvalue weighted by atomic mass is 9.96. The second-order valence-electron chi connectivity index (χ2n) is 9.53. The van der Waals surface area contributed by atoms with Gasteiger partial charge < -0.3 is 4.74 Å². The van der Waals surface area contributed by atoms with Crippen LogP contribution in [0.5, 0.6) is 0 Å². The molecule has 0 unspecified atom stereocenters. The third-order valence-electron chi connectivity index (χ3n) is 5.46. The number of benzene rings is 1. The number of rotatable bonds is 17. The fraction of sp³-hybridized carbons (Fsp3) is 0.704. The predicted octanol–water partition coefficient (Wildman–Crippen LogP) is 6.88. The molecule has 0 bridgehead atoms. The molecular formula is C27H46NO4+. The first-order valence-corrected chi connectivity index (χ1v) is 12.6. The molecule has 0 saturated carbocycles. The summed E-state index contributed by atoms with van der Waals surface area (Å²) in [7, 11) is 5.32. The Labute approximate surface area is 196 Å². The average Bonchev–Trinajstić information content (AvgIpc) is 2.74. The Balaban J connectivity index is 2.84. The van der Waals surface area contributed by atoms with Crippen molar-refractivity contribution >= 4 is 11.9 Å². The third kappa shape index (κ3) is 11.7. The maximum absolute atomic E-state index is 13.0. The van der Waals surface area contributed by atoms with E-state index < -0.39 is 11.9 Å². The van der Waals surface area contributed by atoms with Gasteiger partial charge in [0.2, 0.25) is 0 Å². The molecule has 0 spiro atoms. The highest BCUT2D eigenvalue weighted by molar-refractivity contribution is 6.04. The number of quaternary nitrogens is 1. The normalized spacial score (nSPS) is 11.4. The SMILES string of the molecule is CCCCCCCCOC(=O)c1c(CCCCCCCC)cccc1C(=O)O[N+](C)(C)C. The van der Waals surface area contributed by atoms with Crippen LogP contribution in [-0.2, 0) is 16.0 Å². The van der Waals surface area contributed by atoms with E-state index in [0.717, 1.165) is 37.7 Å². The van der Waals surface area contributed by atoms with Crippen LogP contribution in [0.4, 0.5) is 0 Å². The molecule has 1 aromatic rings. The second-order valence-corrected chi connectivity index (χ2v) is 9.53. The van der Waals surface area contributed by atoms with Gasteiger partial charge in [-0.15, -0.1) is 4.65 Å². The van der Waals surface area contributed by atoms with Crippen LogP contribution >= 0.6 is 0 Å². The number of esters is 1. The minimum Gasteiger partial charge on any atom is -0.462 e. The quantitative estimate of drug-likeness (QED) is 0.113. The highest BCUT2D eigenvalue weighted by Gasteiger charge is 2.26. The number of aryl methyl sites for hydroxylation is 1. The van der Waals surface area contributed by atoms with Crippen LogP contribution in [0.2, 0.25) is 0 Å². The maximum Gasteiger partial charge on any atom is 0.398 e. The summed E-state index contributed by atoms with van der Waals surface area (Å²) in [6, 6.07) is 5.45. The van der Waals surface area contributed by atoms with E-state index in [4.69, 9.17) is 9.57 Å². The van der Waals surface area contributed by atoms with Gasteiger partial charge in [-0.2, -0.15) is 0 Å². The van der Waals surface area contributed by atoms with Gasteiger partial charge in [-0.1, -0.05) is 90.2 Å². The van der Waals surface area contributed by atoms with Crippen LogP contribution in [0.25, 0.3) is 0 Å². The van der Waals surface area contributed by atoms with Crippen LogP contribution in [0.15, 0.2) is 18.2 Å². The van der Waals surface area contributed by atoms with Crippen molar-refractivity contribution in [2.75, 3.05) is 27.7 Å². The molecule has 0 saturated heterocycles. The largest absolute Gasteiger partial charge is 0.462 e. The topological polar surface area (TPSA) is 52.6 Å². The summed E-state index contributed by atoms with van der Waals surface area (Å²) < 4.78 is 5.64.